The van der Waals surface area contributed by atoms with Gasteiger partial charge in [-0.05, 0) is 0 Å². The molecule has 0 aromatic carbocycles. The van der Waals surface area contributed by atoms with Gasteiger partial charge in [0, 0.05) is 0 Å². The Morgan fingerprint density at radius 2 is 0.364 bits per heavy atom. The Labute approximate surface area is 90.3 Å². The van der Waals surface area contributed by atoms with E-state index in [-0.39, 0.29) is 26.2 Å². The van der Waals surface area contributed by atoms with E-state index in [4.69, 9.17) is 0 Å². The molecule has 0 N–H and O–H groups in total. The van der Waals surface area contributed by atoms with Gasteiger partial charge >= 0.3 is 26.2 Å². The van der Waals surface area contributed by atoms with E-state index < -0.39 is 0 Å². The standard InChI is InChI=1S/2C5H10.Zr.2H/c2*1-2-4-5-3-1;;;/h2*1-5H2;;;. The molecule has 2 aliphatic carbocycles. The first kappa shape index (κ1) is 11.9. The number of hydrogen-bond donors (Lipinski definition) is 0. The summed E-state index contributed by atoms with van der Waals surface area (Å²) < 4.78 is 0. The van der Waals surface area contributed by atoms with Crippen molar-refractivity contribution in [1.82, 2.24) is 0 Å². The summed E-state index contributed by atoms with van der Waals surface area (Å²) in [6, 6.07) is 0. The first-order chi connectivity index (χ1) is 5.00. The quantitative estimate of drug-likeness (QED) is 0.602. The fraction of sp³-hybridized carbons (Fsp3) is 1.00. The molecule has 0 aliphatic heterocycles. The van der Waals surface area contributed by atoms with Crippen molar-refractivity contribution >= 4 is 0 Å². The monoisotopic (exact) mass is 232 g/mol. The third kappa shape index (κ3) is 7.25. The van der Waals surface area contributed by atoms with E-state index in [0.717, 1.165) is 0 Å². The Hall–Kier alpha value is 0.883. The van der Waals surface area contributed by atoms with Gasteiger partial charge < -0.3 is 0 Å². The van der Waals surface area contributed by atoms with Crippen LogP contribution in [0.3, 0.4) is 0 Å². The van der Waals surface area contributed by atoms with Crippen LogP contribution in [0.5, 0.6) is 0 Å². The summed E-state index contributed by atoms with van der Waals surface area (Å²) >= 11 is 0. The average molecular weight is 234 g/mol. The predicted molar refractivity (Wildman–Crippen MR) is 49.0 cm³/mol. The van der Waals surface area contributed by atoms with Crippen LogP contribution in [0, 0.1) is 0 Å². The third-order valence-electron chi connectivity index (χ3n) is 2.50. The van der Waals surface area contributed by atoms with E-state index in [0.29, 0.717) is 0 Å². The topological polar surface area (TPSA) is 0 Å². The van der Waals surface area contributed by atoms with Crippen LogP contribution in [0.2, 0.25) is 0 Å². The van der Waals surface area contributed by atoms with E-state index >= 15 is 0 Å². The second-order valence-corrected chi connectivity index (χ2v) is 3.54. The van der Waals surface area contributed by atoms with Crippen molar-refractivity contribution in [2.45, 2.75) is 64.2 Å². The molecule has 0 amide bonds. The van der Waals surface area contributed by atoms with Gasteiger partial charge in [0.05, 0.1) is 0 Å². The van der Waals surface area contributed by atoms with Crippen LogP contribution in [-0.2, 0) is 26.2 Å². The maximum atomic E-state index is 1.50. The number of hydrogen-bond acceptors (Lipinski definition) is 0. The fourth-order valence-corrected chi connectivity index (χ4v) is 1.77. The molecule has 0 spiro atoms. The van der Waals surface area contributed by atoms with E-state index in [9.17, 15) is 0 Å². The van der Waals surface area contributed by atoms with Crippen LogP contribution in [0.4, 0.5) is 0 Å². The van der Waals surface area contributed by atoms with Gasteiger partial charge in [-0.3, -0.25) is 0 Å². The minimum atomic E-state index is 0. The first-order valence-corrected chi connectivity index (χ1v) is 5.00. The molecule has 0 saturated heterocycles. The molecule has 2 fully saturated rings. The summed E-state index contributed by atoms with van der Waals surface area (Å²) in [5.41, 5.74) is 0. The van der Waals surface area contributed by atoms with Gasteiger partial charge in [-0.1, -0.05) is 64.2 Å². The molecule has 2 aliphatic rings. The van der Waals surface area contributed by atoms with Crippen LogP contribution in [-0.4, -0.2) is 0 Å². The van der Waals surface area contributed by atoms with E-state index in [1.807, 2.05) is 0 Å². The van der Waals surface area contributed by atoms with Crippen LogP contribution in [0.25, 0.3) is 0 Å². The Morgan fingerprint density at radius 3 is 0.455 bits per heavy atom. The summed E-state index contributed by atoms with van der Waals surface area (Å²) in [5.74, 6) is 0. The van der Waals surface area contributed by atoms with E-state index in [1.54, 1.807) is 0 Å². The molecular formula is C10H22Zr. The van der Waals surface area contributed by atoms with E-state index in [1.165, 1.54) is 64.2 Å². The molecule has 0 aromatic heterocycles. The summed E-state index contributed by atoms with van der Waals surface area (Å²) in [5, 5.41) is 0. The Bertz CT molecular complexity index is 38.1. The van der Waals surface area contributed by atoms with Gasteiger partial charge in [-0.25, -0.2) is 0 Å². The Morgan fingerprint density at radius 1 is 0.273 bits per heavy atom. The summed E-state index contributed by atoms with van der Waals surface area (Å²) in [6.07, 6.45) is 15.0. The predicted octanol–water partition coefficient (Wildman–Crippen LogP) is 3.36. The second kappa shape index (κ2) is 8.98. The van der Waals surface area contributed by atoms with Crippen molar-refractivity contribution in [2.75, 3.05) is 0 Å². The normalized spacial score (nSPS) is 21.8. The zero-order chi connectivity index (χ0) is 7.07. The second-order valence-electron chi connectivity index (χ2n) is 3.54. The molecule has 2 saturated carbocycles. The van der Waals surface area contributed by atoms with Crippen LogP contribution < -0.4 is 0 Å². The van der Waals surface area contributed by atoms with Gasteiger partial charge in [-0.2, -0.15) is 0 Å². The molecule has 0 radical (unpaired) electrons. The van der Waals surface area contributed by atoms with Crippen molar-refractivity contribution in [1.29, 1.82) is 0 Å². The molecule has 0 heterocycles. The Balaban J connectivity index is 0.000000167. The van der Waals surface area contributed by atoms with E-state index in [2.05, 4.69) is 0 Å². The molecule has 0 atom stereocenters. The molecule has 66 valence electrons. The summed E-state index contributed by atoms with van der Waals surface area (Å²) in [6.45, 7) is 0. The molecule has 0 unspecified atom stereocenters. The molecule has 1 heteroatoms. The molecule has 0 nitrogen and oxygen atoms in total. The average Bonchev–Trinajstić information content (AvgIpc) is 2.67. The van der Waals surface area contributed by atoms with Crippen LogP contribution in [0.1, 0.15) is 64.2 Å². The molecule has 2 rings (SSSR count). The maximum absolute atomic E-state index is 1.50. The van der Waals surface area contributed by atoms with Gasteiger partial charge in [0.25, 0.3) is 0 Å². The van der Waals surface area contributed by atoms with Gasteiger partial charge in [0.1, 0.15) is 0 Å². The van der Waals surface area contributed by atoms with Gasteiger partial charge in [0.2, 0.25) is 0 Å². The van der Waals surface area contributed by atoms with Crippen LogP contribution in [0.15, 0.2) is 0 Å². The summed E-state index contributed by atoms with van der Waals surface area (Å²) in [4.78, 5) is 0. The van der Waals surface area contributed by atoms with Crippen molar-refractivity contribution in [3.63, 3.8) is 0 Å². The Kier molecular flexibility index (Phi) is 9.70. The number of rotatable bonds is 0. The minimum absolute atomic E-state index is 0. The molecule has 0 aromatic rings. The van der Waals surface area contributed by atoms with Gasteiger partial charge in [-0.15, -0.1) is 0 Å². The van der Waals surface area contributed by atoms with Crippen molar-refractivity contribution in [3.8, 4) is 0 Å². The third-order valence-corrected chi connectivity index (χ3v) is 2.50. The van der Waals surface area contributed by atoms with Crippen molar-refractivity contribution in [2.24, 2.45) is 0 Å². The molecule has 11 heavy (non-hydrogen) atoms. The fourth-order valence-electron chi connectivity index (χ4n) is 1.77. The van der Waals surface area contributed by atoms with Crippen molar-refractivity contribution < 1.29 is 26.2 Å². The SMILES string of the molecule is C1CCCC1.C1CCCC1.[ZrH2]. The molecular weight excluding hydrogens is 211 g/mol. The first-order valence-electron chi connectivity index (χ1n) is 5.00. The zero-order valence-corrected chi connectivity index (χ0v) is 11.3. The summed E-state index contributed by atoms with van der Waals surface area (Å²) in [7, 11) is 0. The van der Waals surface area contributed by atoms with Crippen LogP contribution >= 0.6 is 0 Å². The van der Waals surface area contributed by atoms with Gasteiger partial charge in [0.15, 0.2) is 0 Å². The van der Waals surface area contributed by atoms with Crippen molar-refractivity contribution in [3.05, 3.63) is 0 Å². The zero-order valence-electron chi connectivity index (χ0n) is 7.78. The molecule has 0 bridgehead atoms.